The van der Waals surface area contributed by atoms with Crippen LogP contribution in [0.15, 0.2) is 46.3 Å². The number of aliphatic imine (C=N–C) groups is 1. The van der Waals surface area contributed by atoms with Gasteiger partial charge in [0.05, 0.1) is 17.7 Å². The first-order valence-corrected chi connectivity index (χ1v) is 8.86. The summed E-state index contributed by atoms with van der Waals surface area (Å²) in [6.07, 6.45) is 1.84. The molecule has 0 atom stereocenters. The van der Waals surface area contributed by atoms with Crippen molar-refractivity contribution in [3.63, 3.8) is 0 Å². The van der Waals surface area contributed by atoms with Gasteiger partial charge in [0, 0.05) is 5.02 Å². The van der Waals surface area contributed by atoms with Crippen molar-refractivity contribution in [2.45, 2.75) is 13.8 Å². The number of nitrogens with zero attached hydrogens (tertiary/aromatic N) is 1. The molecule has 1 fully saturated rings. The molecular formula is C19H17ClN2O2S. The van der Waals surface area contributed by atoms with Crippen LogP contribution in [0.1, 0.15) is 16.7 Å². The smallest absolute Gasteiger partial charge is 0.264 e. The number of hydrogen-bond donors (Lipinski definition) is 1. The van der Waals surface area contributed by atoms with Gasteiger partial charge in [-0.1, -0.05) is 23.7 Å². The normalized spacial score (nSPS) is 17.2. The molecular weight excluding hydrogens is 356 g/mol. The number of rotatable bonds is 3. The Bertz CT molecular complexity index is 906. The van der Waals surface area contributed by atoms with E-state index < -0.39 is 0 Å². The van der Waals surface area contributed by atoms with Gasteiger partial charge in [0.2, 0.25) is 0 Å². The van der Waals surface area contributed by atoms with Crippen LogP contribution < -0.4 is 10.1 Å². The standard InChI is InChI=1S/C19H17ClN2O2S/c1-11-4-6-14(10-15(11)20)21-19-22-18(23)17(25-19)9-13-5-7-16(24-3)12(2)8-13/h4-10H,1-3H3,(H,21,22,23). The topological polar surface area (TPSA) is 50.7 Å². The highest BCUT2D eigenvalue weighted by Crippen LogP contribution is 2.30. The zero-order valence-electron chi connectivity index (χ0n) is 14.1. The minimum absolute atomic E-state index is 0.157. The maximum Gasteiger partial charge on any atom is 0.264 e. The Kier molecular flexibility index (Phi) is 5.16. The number of carbonyl (C=O) groups excluding carboxylic acids is 1. The van der Waals surface area contributed by atoms with Crippen molar-refractivity contribution in [2.24, 2.45) is 4.99 Å². The third-order valence-corrected chi connectivity index (χ3v) is 5.07. The SMILES string of the molecule is COc1ccc(C=C2SC(=Nc3ccc(C)c(Cl)c3)NC2=O)cc1C. The highest BCUT2D eigenvalue weighted by molar-refractivity contribution is 8.18. The molecule has 0 aromatic heterocycles. The number of aryl methyl sites for hydroxylation is 2. The van der Waals surface area contributed by atoms with Gasteiger partial charge in [-0.2, -0.15) is 0 Å². The van der Waals surface area contributed by atoms with E-state index in [1.165, 1.54) is 11.8 Å². The van der Waals surface area contributed by atoms with Gasteiger partial charge in [-0.15, -0.1) is 0 Å². The Balaban J connectivity index is 1.83. The van der Waals surface area contributed by atoms with Crippen LogP contribution in [0.5, 0.6) is 5.75 Å². The minimum atomic E-state index is -0.157. The number of halogens is 1. The summed E-state index contributed by atoms with van der Waals surface area (Å²) in [5.41, 5.74) is 3.66. The van der Waals surface area contributed by atoms with Crippen molar-refractivity contribution in [2.75, 3.05) is 7.11 Å². The summed E-state index contributed by atoms with van der Waals surface area (Å²) in [7, 11) is 1.64. The van der Waals surface area contributed by atoms with Gasteiger partial charge in [-0.05, 0) is 72.6 Å². The lowest BCUT2D eigenvalue weighted by molar-refractivity contribution is -0.115. The second kappa shape index (κ2) is 7.33. The first-order chi connectivity index (χ1) is 12.0. The number of amides is 1. The molecule has 3 rings (SSSR count). The van der Waals surface area contributed by atoms with E-state index in [0.29, 0.717) is 20.8 Å². The second-order valence-corrected chi connectivity index (χ2v) is 7.08. The van der Waals surface area contributed by atoms with Gasteiger partial charge in [-0.3, -0.25) is 4.79 Å². The molecule has 0 bridgehead atoms. The Labute approximate surface area is 155 Å². The third kappa shape index (κ3) is 4.06. The van der Waals surface area contributed by atoms with Crippen molar-refractivity contribution in [3.8, 4) is 5.75 Å². The van der Waals surface area contributed by atoms with Crippen LogP contribution in [0.4, 0.5) is 5.69 Å². The van der Waals surface area contributed by atoms with E-state index in [1.807, 2.05) is 50.3 Å². The number of thioether (sulfide) groups is 1. The molecule has 0 spiro atoms. The molecule has 2 aromatic carbocycles. The number of benzene rings is 2. The summed E-state index contributed by atoms with van der Waals surface area (Å²) < 4.78 is 5.26. The van der Waals surface area contributed by atoms with Gasteiger partial charge < -0.3 is 10.1 Å². The first-order valence-electron chi connectivity index (χ1n) is 7.66. The Morgan fingerprint density at radius 2 is 1.96 bits per heavy atom. The lowest BCUT2D eigenvalue weighted by Gasteiger charge is -2.04. The van der Waals surface area contributed by atoms with Gasteiger partial charge >= 0.3 is 0 Å². The molecule has 6 heteroatoms. The van der Waals surface area contributed by atoms with Crippen molar-refractivity contribution in [3.05, 3.63) is 63.0 Å². The molecule has 0 saturated carbocycles. The van der Waals surface area contributed by atoms with E-state index in [9.17, 15) is 4.79 Å². The maximum atomic E-state index is 12.2. The Hall–Kier alpha value is -2.24. The molecule has 4 nitrogen and oxygen atoms in total. The van der Waals surface area contributed by atoms with Crippen molar-refractivity contribution < 1.29 is 9.53 Å². The van der Waals surface area contributed by atoms with E-state index >= 15 is 0 Å². The van der Waals surface area contributed by atoms with Gasteiger partial charge in [-0.25, -0.2) is 4.99 Å². The summed E-state index contributed by atoms with van der Waals surface area (Å²) in [4.78, 5) is 17.2. The Morgan fingerprint density at radius 1 is 1.16 bits per heavy atom. The monoisotopic (exact) mass is 372 g/mol. The summed E-state index contributed by atoms with van der Waals surface area (Å²) in [5.74, 6) is 0.666. The molecule has 1 aliphatic heterocycles. The Morgan fingerprint density at radius 3 is 2.64 bits per heavy atom. The molecule has 1 amide bonds. The molecule has 1 saturated heterocycles. The fourth-order valence-electron chi connectivity index (χ4n) is 2.39. The highest BCUT2D eigenvalue weighted by atomic mass is 35.5. The number of ether oxygens (including phenoxy) is 1. The predicted octanol–water partition coefficient (Wildman–Crippen LogP) is 4.86. The molecule has 1 aliphatic rings. The van der Waals surface area contributed by atoms with Crippen LogP contribution in [-0.4, -0.2) is 18.2 Å². The number of nitrogens with one attached hydrogen (secondary N) is 1. The van der Waals surface area contributed by atoms with E-state index in [-0.39, 0.29) is 5.91 Å². The van der Waals surface area contributed by atoms with Crippen molar-refractivity contribution >= 4 is 46.2 Å². The largest absolute Gasteiger partial charge is 0.496 e. The van der Waals surface area contributed by atoms with Crippen LogP contribution in [0.25, 0.3) is 6.08 Å². The van der Waals surface area contributed by atoms with E-state index in [0.717, 1.165) is 22.4 Å². The van der Waals surface area contributed by atoms with Crippen molar-refractivity contribution in [1.29, 1.82) is 0 Å². The highest BCUT2D eigenvalue weighted by Gasteiger charge is 2.23. The molecule has 0 aliphatic carbocycles. The molecule has 1 heterocycles. The van der Waals surface area contributed by atoms with Crippen LogP contribution in [0.2, 0.25) is 5.02 Å². The maximum absolute atomic E-state index is 12.2. The summed E-state index contributed by atoms with van der Waals surface area (Å²) in [6.45, 7) is 3.90. The molecule has 0 unspecified atom stereocenters. The number of carbonyl (C=O) groups is 1. The summed E-state index contributed by atoms with van der Waals surface area (Å²) in [6, 6.07) is 11.3. The fraction of sp³-hybridized carbons (Fsp3) is 0.158. The van der Waals surface area contributed by atoms with Gasteiger partial charge in [0.1, 0.15) is 5.75 Å². The second-order valence-electron chi connectivity index (χ2n) is 5.64. The zero-order chi connectivity index (χ0) is 18.0. The predicted molar refractivity (Wildman–Crippen MR) is 105 cm³/mol. The molecule has 0 radical (unpaired) electrons. The quantitative estimate of drug-likeness (QED) is 0.783. The molecule has 25 heavy (non-hydrogen) atoms. The average molecular weight is 373 g/mol. The van der Waals surface area contributed by atoms with Crippen LogP contribution in [0, 0.1) is 13.8 Å². The van der Waals surface area contributed by atoms with Crippen LogP contribution >= 0.6 is 23.4 Å². The van der Waals surface area contributed by atoms with Crippen molar-refractivity contribution in [1.82, 2.24) is 5.32 Å². The lowest BCUT2D eigenvalue weighted by atomic mass is 10.1. The van der Waals surface area contributed by atoms with E-state index in [1.54, 1.807) is 13.2 Å². The molecule has 2 aromatic rings. The summed E-state index contributed by atoms with van der Waals surface area (Å²) in [5, 5.41) is 3.98. The van der Waals surface area contributed by atoms with Gasteiger partial charge in [0.25, 0.3) is 5.91 Å². The number of amidine groups is 1. The van der Waals surface area contributed by atoms with E-state index in [2.05, 4.69) is 10.3 Å². The lowest BCUT2D eigenvalue weighted by Crippen LogP contribution is -2.19. The molecule has 128 valence electrons. The number of hydrogen-bond acceptors (Lipinski definition) is 4. The zero-order valence-corrected chi connectivity index (χ0v) is 15.7. The number of methoxy groups -OCH3 is 1. The van der Waals surface area contributed by atoms with E-state index in [4.69, 9.17) is 16.3 Å². The van der Waals surface area contributed by atoms with Crippen LogP contribution in [-0.2, 0) is 4.79 Å². The fourth-order valence-corrected chi connectivity index (χ4v) is 3.41. The molecule has 1 N–H and O–H groups in total. The van der Waals surface area contributed by atoms with Gasteiger partial charge in [0.15, 0.2) is 5.17 Å². The average Bonchev–Trinajstić information content (AvgIpc) is 2.90. The third-order valence-electron chi connectivity index (χ3n) is 3.75. The first kappa shape index (κ1) is 17.6. The minimum Gasteiger partial charge on any atom is -0.496 e. The summed E-state index contributed by atoms with van der Waals surface area (Å²) >= 11 is 7.43. The van der Waals surface area contributed by atoms with Crippen LogP contribution in [0.3, 0.4) is 0 Å².